The van der Waals surface area contributed by atoms with Crippen molar-refractivity contribution in [1.82, 2.24) is 0 Å². The zero-order valence-electron chi connectivity index (χ0n) is 24.2. The predicted octanol–water partition coefficient (Wildman–Crippen LogP) is 6.24. The number of benzene rings is 4. The molecule has 0 aromatic heterocycles. The van der Waals surface area contributed by atoms with E-state index in [1.165, 1.54) is 7.11 Å². The maximum atomic E-state index is 13.3. The monoisotopic (exact) mass is 580 g/mol. The molecule has 1 atom stereocenters. The van der Waals surface area contributed by atoms with Crippen LogP contribution in [-0.4, -0.2) is 36.7 Å². The first-order valence-electron chi connectivity index (χ1n) is 14.1. The van der Waals surface area contributed by atoms with Crippen molar-refractivity contribution >= 4 is 11.5 Å². The summed E-state index contributed by atoms with van der Waals surface area (Å²) in [4.78, 5) is 13.3. The van der Waals surface area contributed by atoms with Gasteiger partial charge in [0.1, 0.15) is 23.9 Å². The maximum absolute atomic E-state index is 13.3. The van der Waals surface area contributed by atoms with Crippen LogP contribution in [0.25, 0.3) is 5.57 Å². The third kappa shape index (κ3) is 4.93. The molecule has 8 nitrogen and oxygen atoms in total. The van der Waals surface area contributed by atoms with Gasteiger partial charge in [-0.3, -0.25) is 0 Å². The standard InChI is InChI=1S/C35H32O8/c1-4-14-40-25-15-21(2)31-27(17-25)35(38,33(34(36)37)32(31)23-10-13-28-30(16-23)43-20-42-28)26-12-11-24(39-3)18-29(26)41-19-22-8-6-5-7-9-22/h5-13,15-18,38H,4,14,19-20H2,1-3H3,(H,36,37). The smallest absolute Gasteiger partial charge is 0.335 e. The highest BCUT2D eigenvalue weighted by atomic mass is 16.7. The predicted molar refractivity (Wildman–Crippen MR) is 160 cm³/mol. The minimum Gasteiger partial charge on any atom is -0.497 e. The summed E-state index contributed by atoms with van der Waals surface area (Å²) < 4.78 is 28.9. The van der Waals surface area contributed by atoms with Gasteiger partial charge in [-0.05, 0) is 72.0 Å². The molecule has 1 heterocycles. The number of carboxylic acids is 1. The lowest BCUT2D eigenvalue weighted by atomic mass is 9.82. The Morgan fingerprint density at radius 1 is 0.907 bits per heavy atom. The second-order valence-electron chi connectivity index (χ2n) is 10.5. The highest BCUT2D eigenvalue weighted by molar-refractivity contribution is 6.08. The lowest BCUT2D eigenvalue weighted by molar-refractivity contribution is -0.134. The first-order chi connectivity index (χ1) is 20.8. The first kappa shape index (κ1) is 28.2. The highest BCUT2D eigenvalue weighted by Crippen LogP contribution is 2.55. The summed E-state index contributed by atoms with van der Waals surface area (Å²) in [6.07, 6.45) is 0.789. The number of aliphatic hydroxyl groups is 1. The Morgan fingerprint density at radius 2 is 1.70 bits per heavy atom. The summed E-state index contributed by atoms with van der Waals surface area (Å²) in [5.74, 6) is 1.13. The second-order valence-corrected chi connectivity index (χ2v) is 10.5. The van der Waals surface area contributed by atoms with Crippen LogP contribution in [0.15, 0.2) is 84.4 Å². The number of aryl methyl sites for hydroxylation is 1. The van der Waals surface area contributed by atoms with Crippen molar-refractivity contribution in [3.8, 4) is 28.7 Å². The number of hydrogen-bond donors (Lipinski definition) is 2. The highest BCUT2D eigenvalue weighted by Gasteiger charge is 2.51. The minimum absolute atomic E-state index is 0.0786. The van der Waals surface area contributed by atoms with Crippen molar-refractivity contribution in [1.29, 1.82) is 0 Å². The molecule has 1 unspecified atom stereocenters. The van der Waals surface area contributed by atoms with Crippen LogP contribution in [0.3, 0.4) is 0 Å². The molecule has 0 saturated carbocycles. The van der Waals surface area contributed by atoms with Crippen LogP contribution in [-0.2, 0) is 17.0 Å². The summed E-state index contributed by atoms with van der Waals surface area (Å²) >= 11 is 0. The van der Waals surface area contributed by atoms with E-state index >= 15 is 0 Å². The van der Waals surface area contributed by atoms with Crippen molar-refractivity contribution in [2.45, 2.75) is 32.5 Å². The van der Waals surface area contributed by atoms with E-state index in [1.807, 2.05) is 50.2 Å². The van der Waals surface area contributed by atoms with Gasteiger partial charge in [0.2, 0.25) is 6.79 Å². The van der Waals surface area contributed by atoms with Crippen LogP contribution >= 0.6 is 0 Å². The van der Waals surface area contributed by atoms with Crippen LogP contribution in [0, 0.1) is 6.92 Å². The van der Waals surface area contributed by atoms with Gasteiger partial charge >= 0.3 is 5.97 Å². The second kappa shape index (κ2) is 11.4. The maximum Gasteiger partial charge on any atom is 0.335 e. The van der Waals surface area contributed by atoms with Crippen LogP contribution in [0.4, 0.5) is 0 Å². The summed E-state index contributed by atoms with van der Waals surface area (Å²) in [7, 11) is 1.54. The van der Waals surface area contributed by atoms with Gasteiger partial charge in [-0.25, -0.2) is 4.79 Å². The van der Waals surface area contributed by atoms with E-state index in [-0.39, 0.29) is 24.5 Å². The lowest BCUT2D eigenvalue weighted by Gasteiger charge is -2.29. The molecule has 220 valence electrons. The topological polar surface area (TPSA) is 104 Å². The molecule has 0 radical (unpaired) electrons. The Morgan fingerprint density at radius 3 is 2.44 bits per heavy atom. The van der Waals surface area contributed by atoms with Gasteiger partial charge in [-0.15, -0.1) is 0 Å². The SMILES string of the molecule is CCCOc1cc(C)c2c(c1)C(O)(c1ccc(OC)cc1OCc1ccccc1)C(C(=O)O)=C2c1ccc2c(c1)OCO2. The molecule has 0 saturated heterocycles. The Bertz CT molecular complexity index is 1730. The molecular weight excluding hydrogens is 548 g/mol. The van der Waals surface area contributed by atoms with Gasteiger partial charge in [-0.2, -0.15) is 0 Å². The van der Waals surface area contributed by atoms with Crippen LogP contribution in [0.5, 0.6) is 28.7 Å². The average Bonchev–Trinajstić information content (AvgIpc) is 3.60. The van der Waals surface area contributed by atoms with E-state index in [4.69, 9.17) is 23.7 Å². The molecule has 0 bridgehead atoms. The fourth-order valence-corrected chi connectivity index (χ4v) is 5.78. The fourth-order valence-electron chi connectivity index (χ4n) is 5.78. The van der Waals surface area contributed by atoms with Gasteiger partial charge < -0.3 is 33.9 Å². The fraction of sp³-hybridized carbons (Fsp3) is 0.229. The third-order valence-corrected chi connectivity index (χ3v) is 7.72. The number of hydrogen-bond acceptors (Lipinski definition) is 7. The van der Waals surface area contributed by atoms with Crippen LogP contribution < -0.4 is 23.7 Å². The zero-order valence-corrected chi connectivity index (χ0v) is 24.2. The molecule has 2 N–H and O–H groups in total. The van der Waals surface area contributed by atoms with E-state index in [0.717, 1.165) is 17.5 Å². The number of carbonyl (C=O) groups is 1. The van der Waals surface area contributed by atoms with E-state index in [2.05, 4.69) is 0 Å². The van der Waals surface area contributed by atoms with E-state index in [9.17, 15) is 15.0 Å². The summed E-state index contributed by atoms with van der Waals surface area (Å²) in [6, 6.07) is 23.5. The average molecular weight is 581 g/mol. The molecule has 0 fully saturated rings. The minimum atomic E-state index is -2.11. The number of aliphatic carboxylic acids is 1. The molecule has 6 rings (SSSR count). The molecule has 4 aromatic rings. The molecule has 0 spiro atoms. The zero-order chi connectivity index (χ0) is 30.1. The van der Waals surface area contributed by atoms with Gasteiger partial charge in [0.05, 0.1) is 19.3 Å². The molecule has 4 aromatic carbocycles. The number of methoxy groups -OCH3 is 1. The number of rotatable bonds is 10. The number of fused-ring (bicyclic) bond motifs is 2. The van der Waals surface area contributed by atoms with Gasteiger partial charge in [0, 0.05) is 22.8 Å². The van der Waals surface area contributed by atoms with Crippen LogP contribution in [0.1, 0.15) is 46.7 Å². The molecule has 1 aliphatic carbocycles. The summed E-state index contributed by atoms with van der Waals surface area (Å²) in [5.41, 5.74) is 1.57. The molecule has 2 aliphatic rings. The largest absolute Gasteiger partial charge is 0.497 e. The van der Waals surface area contributed by atoms with Gasteiger partial charge in [0.15, 0.2) is 17.1 Å². The Hall–Kier alpha value is -4.95. The van der Waals surface area contributed by atoms with Gasteiger partial charge in [0.25, 0.3) is 0 Å². The Labute approximate surface area is 249 Å². The van der Waals surface area contributed by atoms with Crippen molar-refractivity contribution in [3.63, 3.8) is 0 Å². The lowest BCUT2D eigenvalue weighted by Crippen LogP contribution is -2.32. The molecular formula is C35H32O8. The van der Waals surface area contributed by atoms with Crippen molar-refractivity contribution in [2.24, 2.45) is 0 Å². The van der Waals surface area contributed by atoms with Crippen LogP contribution in [0.2, 0.25) is 0 Å². The third-order valence-electron chi connectivity index (χ3n) is 7.72. The normalized spacial score (nSPS) is 16.7. The van der Waals surface area contributed by atoms with Gasteiger partial charge in [-0.1, -0.05) is 43.3 Å². The van der Waals surface area contributed by atoms with Crippen molar-refractivity contribution < 1.29 is 38.7 Å². The van der Waals surface area contributed by atoms with Crippen molar-refractivity contribution in [3.05, 3.63) is 118 Å². The molecule has 43 heavy (non-hydrogen) atoms. The quantitative estimate of drug-likeness (QED) is 0.227. The first-order valence-corrected chi connectivity index (χ1v) is 14.1. The van der Waals surface area contributed by atoms with Crippen molar-refractivity contribution in [2.75, 3.05) is 20.5 Å². The number of ether oxygens (including phenoxy) is 5. The Kier molecular flexibility index (Phi) is 7.46. The number of carboxylic acid groups (broad SMARTS) is 1. The molecule has 1 aliphatic heterocycles. The summed E-state index contributed by atoms with van der Waals surface area (Å²) in [6.45, 7) is 4.64. The molecule has 0 amide bonds. The van der Waals surface area contributed by atoms with E-state index in [1.54, 1.807) is 42.5 Å². The summed E-state index contributed by atoms with van der Waals surface area (Å²) in [5, 5.41) is 23.8. The van der Waals surface area contributed by atoms with E-state index < -0.39 is 11.6 Å². The van der Waals surface area contributed by atoms with E-state index in [0.29, 0.717) is 57.6 Å². The Balaban J connectivity index is 1.61. The molecule has 8 heteroatoms.